The molecule has 0 spiro atoms. The van der Waals surface area contributed by atoms with Crippen LogP contribution in [0.4, 0.5) is 5.82 Å². The van der Waals surface area contributed by atoms with E-state index in [0.29, 0.717) is 30.5 Å². The number of carbonyl (C=O) groups excluding carboxylic acids is 1. The van der Waals surface area contributed by atoms with Crippen LogP contribution in [0.1, 0.15) is 95.7 Å². The number of pyridine rings is 1. The van der Waals surface area contributed by atoms with Gasteiger partial charge in [-0.2, -0.15) is 0 Å². The molecule has 7 nitrogen and oxygen atoms in total. The fraction of sp³-hybridized carbons (Fsp3) is 0.645. The summed E-state index contributed by atoms with van der Waals surface area (Å²) in [6.45, 7) is 6.12. The molecule has 39 heavy (non-hydrogen) atoms. The molecule has 4 rings (SSSR count). The zero-order chi connectivity index (χ0) is 27.7. The Kier molecular flexibility index (Phi) is 10.9. The molecular formula is C31H45ClN4O3. The Morgan fingerprint density at radius 2 is 2.08 bits per heavy atom. The average molecular weight is 557 g/mol. The lowest BCUT2D eigenvalue weighted by molar-refractivity contribution is -0.125. The van der Waals surface area contributed by atoms with Gasteiger partial charge in [0, 0.05) is 31.7 Å². The number of aliphatic hydroxyl groups is 1. The number of anilines is 1. The van der Waals surface area contributed by atoms with Crippen LogP contribution in [0.15, 0.2) is 39.2 Å². The number of nitrogens with zero attached hydrogens (tertiary/aromatic N) is 2. The van der Waals surface area contributed by atoms with E-state index in [-0.39, 0.29) is 5.91 Å². The number of rotatable bonds is 15. The monoisotopic (exact) mass is 556 g/mol. The summed E-state index contributed by atoms with van der Waals surface area (Å²) in [6.07, 6.45) is 13.8. The topological polar surface area (TPSA) is 95.8 Å². The predicted molar refractivity (Wildman–Crippen MR) is 158 cm³/mol. The first-order valence-corrected chi connectivity index (χ1v) is 15.2. The second-order valence-electron chi connectivity index (χ2n) is 11.2. The number of halogens is 1. The van der Waals surface area contributed by atoms with E-state index in [1.54, 1.807) is 0 Å². The fourth-order valence-electron chi connectivity index (χ4n) is 5.22. The van der Waals surface area contributed by atoms with Crippen molar-refractivity contribution in [2.75, 3.05) is 25.1 Å². The number of ether oxygens (including phenoxy) is 1. The number of aromatic nitrogens is 1. The number of hydrogen-bond donors (Lipinski definition) is 3. The van der Waals surface area contributed by atoms with Crippen molar-refractivity contribution in [3.63, 3.8) is 0 Å². The summed E-state index contributed by atoms with van der Waals surface area (Å²) in [5.74, 6) is 1.29. The predicted octanol–water partition coefficient (Wildman–Crippen LogP) is 6.77. The number of unbranched alkanes of at least 4 members (excludes halogenated alkanes) is 2. The van der Waals surface area contributed by atoms with Crippen molar-refractivity contribution in [2.24, 2.45) is 10.4 Å². The van der Waals surface area contributed by atoms with Crippen LogP contribution < -0.4 is 10.6 Å². The third kappa shape index (κ3) is 7.85. The third-order valence-electron chi connectivity index (χ3n) is 8.26. The Morgan fingerprint density at radius 3 is 2.79 bits per heavy atom. The number of aryl methyl sites for hydroxylation is 2. The maximum Gasteiger partial charge on any atom is 0.231 e. The van der Waals surface area contributed by atoms with Gasteiger partial charge in [0.2, 0.25) is 5.91 Å². The molecule has 0 radical (unpaired) electrons. The van der Waals surface area contributed by atoms with E-state index in [1.165, 1.54) is 12.0 Å². The quantitative estimate of drug-likeness (QED) is 0.0958. The van der Waals surface area contributed by atoms with Crippen LogP contribution in [0.2, 0.25) is 0 Å². The number of allylic oxidation sites excluding steroid dienone is 1. The minimum Gasteiger partial charge on any atom is -0.510 e. The summed E-state index contributed by atoms with van der Waals surface area (Å²) in [5.41, 5.74) is 3.68. The van der Waals surface area contributed by atoms with Crippen LogP contribution in [0.3, 0.4) is 0 Å². The highest BCUT2D eigenvalue weighted by molar-refractivity contribution is 6.30. The third-order valence-corrected chi connectivity index (χ3v) is 8.64. The molecule has 2 fully saturated rings. The molecule has 1 aliphatic heterocycles. The van der Waals surface area contributed by atoms with Crippen molar-refractivity contribution < 1.29 is 14.6 Å². The van der Waals surface area contributed by atoms with Gasteiger partial charge in [0.15, 0.2) is 0 Å². The lowest BCUT2D eigenvalue weighted by Crippen LogP contribution is -2.42. The van der Waals surface area contributed by atoms with Crippen molar-refractivity contribution in [3.05, 3.63) is 45.5 Å². The standard InChI is InChI=1S/C31H45ClN4O3/c1-3-4-18-33-28(32)22(2)31(16-17-31)30(38)36-26(27(37)23-9-7-10-23)15-21-39-20-6-5-12-25-14-13-24-11-8-19-34-29(24)35-25/h13-14,18,26,37H,3-12,15-17,19-21H2,1-2H3,(H,34,35)(H,36,38)/b28-22+,33-18-. The molecule has 214 valence electrons. The molecule has 1 aromatic rings. The van der Waals surface area contributed by atoms with E-state index < -0.39 is 11.5 Å². The Balaban J connectivity index is 1.24. The van der Waals surface area contributed by atoms with Crippen molar-refractivity contribution in [3.8, 4) is 0 Å². The van der Waals surface area contributed by atoms with Gasteiger partial charge in [0.25, 0.3) is 0 Å². The van der Waals surface area contributed by atoms with Crippen molar-refractivity contribution in [2.45, 2.75) is 103 Å². The highest BCUT2D eigenvalue weighted by Crippen LogP contribution is 2.53. The summed E-state index contributed by atoms with van der Waals surface area (Å²) in [7, 11) is 0. The van der Waals surface area contributed by atoms with E-state index in [4.69, 9.17) is 21.3 Å². The van der Waals surface area contributed by atoms with Gasteiger partial charge in [0.1, 0.15) is 16.7 Å². The summed E-state index contributed by atoms with van der Waals surface area (Å²) < 4.78 is 5.93. The van der Waals surface area contributed by atoms with Crippen LogP contribution in [-0.2, 0) is 22.4 Å². The summed E-state index contributed by atoms with van der Waals surface area (Å²) in [6, 6.07) is 3.91. The largest absolute Gasteiger partial charge is 0.510 e. The first kappa shape index (κ1) is 29.6. The maximum absolute atomic E-state index is 13.4. The molecular weight excluding hydrogens is 512 g/mol. The Labute approximate surface area is 238 Å². The number of fused-ring (bicyclic) bond motifs is 1. The van der Waals surface area contributed by atoms with Gasteiger partial charge >= 0.3 is 0 Å². The number of carbonyl (C=O) groups is 1. The molecule has 2 aliphatic carbocycles. The molecule has 1 atom stereocenters. The maximum atomic E-state index is 13.4. The van der Waals surface area contributed by atoms with Crippen molar-refractivity contribution in [1.29, 1.82) is 0 Å². The molecule has 0 aromatic carbocycles. The van der Waals surface area contributed by atoms with Gasteiger partial charge < -0.3 is 20.5 Å². The Hall–Kier alpha value is -2.38. The summed E-state index contributed by atoms with van der Waals surface area (Å²) in [4.78, 5) is 22.5. The van der Waals surface area contributed by atoms with Gasteiger partial charge in [0.05, 0.1) is 11.5 Å². The number of amides is 1. The van der Waals surface area contributed by atoms with E-state index in [9.17, 15) is 9.90 Å². The first-order valence-electron chi connectivity index (χ1n) is 14.9. The Bertz CT molecular complexity index is 1090. The zero-order valence-corrected chi connectivity index (χ0v) is 24.4. The lowest BCUT2D eigenvalue weighted by atomic mass is 9.88. The number of hydrogen-bond acceptors (Lipinski definition) is 6. The number of aliphatic imine (C=N–C) groups is 1. The highest BCUT2D eigenvalue weighted by Gasteiger charge is 2.52. The van der Waals surface area contributed by atoms with Gasteiger partial charge in [-0.05, 0) is 107 Å². The zero-order valence-electron chi connectivity index (χ0n) is 23.7. The second kappa shape index (κ2) is 14.3. The normalized spacial score (nSPS) is 19.0. The molecule has 2 saturated carbocycles. The minimum atomic E-state index is -0.620. The second-order valence-corrected chi connectivity index (χ2v) is 11.5. The molecule has 3 aliphatic rings. The molecule has 1 unspecified atom stereocenters. The van der Waals surface area contributed by atoms with E-state index in [2.05, 4.69) is 34.7 Å². The molecule has 8 heteroatoms. The lowest BCUT2D eigenvalue weighted by Gasteiger charge is -2.27. The molecule has 3 N–H and O–H groups in total. The minimum absolute atomic E-state index is 0.0765. The van der Waals surface area contributed by atoms with Crippen LogP contribution >= 0.6 is 11.6 Å². The molecule has 2 heterocycles. The van der Waals surface area contributed by atoms with Crippen molar-refractivity contribution in [1.82, 2.24) is 10.3 Å². The first-order chi connectivity index (χ1) is 18.9. The van der Waals surface area contributed by atoms with E-state index in [0.717, 1.165) is 99.8 Å². The van der Waals surface area contributed by atoms with Crippen LogP contribution in [0.5, 0.6) is 0 Å². The highest BCUT2D eigenvalue weighted by atomic mass is 35.5. The number of nitrogens with one attached hydrogen (secondary N) is 2. The van der Waals surface area contributed by atoms with Gasteiger partial charge in [-0.25, -0.2) is 9.98 Å². The van der Waals surface area contributed by atoms with E-state index in [1.807, 2.05) is 13.1 Å². The van der Waals surface area contributed by atoms with Gasteiger partial charge in [-0.15, -0.1) is 0 Å². The molecule has 1 aromatic heterocycles. The van der Waals surface area contributed by atoms with Gasteiger partial charge in [-0.3, -0.25) is 4.79 Å². The SMILES string of the molecule is CCC/C=N\C(Cl)=C(/C)C1(C(=O)NC(CCOCCCCc2ccc3c(n2)NCCC3)C(O)=C2CCC2)CC1. The molecule has 0 bridgehead atoms. The fourth-order valence-corrected chi connectivity index (χ4v) is 5.47. The summed E-state index contributed by atoms with van der Waals surface area (Å²) >= 11 is 6.45. The average Bonchev–Trinajstić information content (AvgIpc) is 3.72. The van der Waals surface area contributed by atoms with Crippen molar-refractivity contribution >= 4 is 29.5 Å². The van der Waals surface area contributed by atoms with E-state index >= 15 is 0 Å². The summed E-state index contributed by atoms with van der Waals surface area (Å²) in [5, 5.41) is 17.9. The van der Waals surface area contributed by atoms with Crippen LogP contribution in [0, 0.1) is 5.41 Å². The van der Waals surface area contributed by atoms with Crippen LogP contribution in [-0.4, -0.2) is 48.0 Å². The smallest absolute Gasteiger partial charge is 0.231 e. The van der Waals surface area contributed by atoms with Gasteiger partial charge in [-0.1, -0.05) is 31.0 Å². The molecule has 1 amide bonds. The molecule has 0 saturated heterocycles. The Morgan fingerprint density at radius 1 is 1.26 bits per heavy atom. The number of aliphatic hydroxyl groups excluding tert-OH is 1. The van der Waals surface area contributed by atoms with Crippen LogP contribution in [0.25, 0.3) is 0 Å².